The minimum atomic E-state index is -2.12. The molecular formula is C10H9NO2S. The van der Waals surface area contributed by atoms with Crippen molar-refractivity contribution in [3.05, 3.63) is 41.5 Å². The Bertz CT molecular complexity index is 415. The molecule has 1 atom stereocenters. The Hall–Kier alpha value is -1.44. The third-order valence-electron chi connectivity index (χ3n) is 1.72. The minimum absolute atomic E-state index is 0.132. The van der Waals surface area contributed by atoms with Gasteiger partial charge in [0.15, 0.2) is 11.1 Å². The lowest BCUT2D eigenvalue weighted by atomic mass is 10.1. The van der Waals surface area contributed by atoms with Crippen molar-refractivity contribution in [1.29, 1.82) is 5.26 Å². The second-order valence-corrected chi connectivity index (χ2v) is 3.69. The van der Waals surface area contributed by atoms with Crippen LogP contribution in [0.25, 0.3) is 4.91 Å². The molecule has 4 heteroatoms. The normalized spacial score (nSPS) is 13.4. The summed E-state index contributed by atoms with van der Waals surface area (Å²) in [4.78, 5) is 0.132. The number of benzene rings is 1. The fourth-order valence-electron chi connectivity index (χ4n) is 1.01. The van der Waals surface area contributed by atoms with Crippen LogP contribution in [0.3, 0.4) is 0 Å². The van der Waals surface area contributed by atoms with Crippen molar-refractivity contribution in [3.63, 3.8) is 0 Å². The number of hydrogen-bond acceptors (Lipinski definition) is 2. The molecule has 1 unspecified atom stereocenters. The highest BCUT2D eigenvalue weighted by Gasteiger charge is 2.06. The molecule has 1 aromatic rings. The van der Waals surface area contributed by atoms with Gasteiger partial charge in [-0.2, -0.15) is 5.26 Å². The largest absolute Gasteiger partial charge is 0.302 e. The molecule has 0 bridgehead atoms. The van der Waals surface area contributed by atoms with E-state index < -0.39 is 11.1 Å². The summed E-state index contributed by atoms with van der Waals surface area (Å²) >= 11 is -2.12. The van der Waals surface area contributed by atoms with Gasteiger partial charge in [0.1, 0.15) is 0 Å². The smallest absolute Gasteiger partial charge is 0.187 e. The van der Waals surface area contributed by atoms with Gasteiger partial charge in [0.2, 0.25) is 0 Å². The molecule has 1 aromatic carbocycles. The summed E-state index contributed by atoms with van der Waals surface area (Å²) < 4.78 is 19.8. The first-order valence-corrected chi connectivity index (χ1v) is 5.03. The highest BCUT2D eigenvalue weighted by atomic mass is 32.2. The topological polar surface area (TPSA) is 61.1 Å². The van der Waals surface area contributed by atoms with Crippen LogP contribution in [0.1, 0.15) is 11.1 Å². The maximum atomic E-state index is 10.9. The molecule has 0 aromatic heterocycles. The van der Waals surface area contributed by atoms with Crippen LogP contribution < -0.4 is 0 Å². The van der Waals surface area contributed by atoms with Gasteiger partial charge in [-0.1, -0.05) is 29.8 Å². The molecular weight excluding hydrogens is 198 g/mol. The van der Waals surface area contributed by atoms with E-state index in [1.807, 2.05) is 19.1 Å². The van der Waals surface area contributed by atoms with Crippen molar-refractivity contribution in [1.82, 2.24) is 0 Å². The first-order valence-electron chi connectivity index (χ1n) is 3.93. The summed E-state index contributed by atoms with van der Waals surface area (Å²) in [5.74, 6) is 0. The van der Waals surface area contributed by atoms with E-state index in [4.69, 9.17) is 9.81 Å². The van der Waals surface area contributed by atoms with Gasteiger partial charge in [0.05, 0.1) is 11.0 Å². The summed E-state index contributed by atoms with van der Waals surface area (Å²) in [6.45, 7) is 1.92. The molecule has 72 valence electrons. The molecule has 0 radical (unpaired) electrons. The highest BCUT2D eigenvalue weighted by Crippen LogP contribution is 2.17. The molecule has 0 amide bonds. The van der Waals surface area contributed by atoms with E-state index in [-0.39, 0.29) is 4.91 Å². The van der Waals surface area contributed by atoms with Crippen molar-refractivity contribution >= 4 is 16.0 Å². The lowest BCUT2D eigenvalue weighted by Crippen LogP contribution is -1.92. The average Bonchev–Trinajstić information content (AvgIpc) is 2.15. The van der Waals surface area contributed by atoms with Crippen LogP contribution in [0.2, 0.25) is 0 Å². The van der Waals surface area contributed by atoms with Gasteiger partial charge in [0.25, 0.3) is 0 Å². The zero-order valence-corrected chi connectivity index (χ0v) is 8.41. The summed E-state index contributed by atoms with van der Waals surface area (Å²) in [6.07, 6.45) is 1.08. The van der Waals surface area contributed by atoms with Crippen molar-refractivity contribution in [2.24, 2.45) is 0 Å². The fourth-order valence-corrected chi connectivity index (χ4v) is 1.50. The molecule has 1 rings (SSSR count). The van der Waals surface area contributed by atoms with Crippen LogP contribution >= 0.6 is 0 Å². The zero-order chi connectivity index (χ0) is 10.6. The lowest BCUT2D eigenvalue weighted by Gasteiger charge is -2.01. The number of aryl methyl sites for hydroxylation is 1. The maximum absolute atomic E-state index is 10.9. The van der Waals surface area contributed by atoms with Crippen LogP contribution in [-0.2, 0) is 11.1 Å². The molecule has 1 N–H and O–H groups in total. The monoisotopic (exact) mass is 207 g/mol. The lowest BCUT2D eigenvalue weighted by molar-refractivity contribution is 0.575. The van der Waals surface area contributed by atoms with Gasteiger partial charge >= 0.3 is 0 Å². The Morgan fingerprint density at radius 2 is 2.07 bits per heavy atom. The number of nitrogens with zero attached hydrogens (tertiary/aromatic N) is 1. The molecule has 0 heterocycles. The van der Waals surface area contributed by atoms with Gasteiger partial charge in [0, 0.05) is 6.08 Å². The average molecular weight is 207 g/mol. The molecule has 0 spiro atoms. The molecule has 0 aliphatic rings. The van der Waals surface area contributed by atoms with E-state index in [0.29, 0.717) is 5.56 Å². The minimum Gasteiger partial charge on any atom is -0.302 e. The first kappa shape index (κ1) is 10.6. The number of rotatable bonds is 2. The number of allylic oxidation sites excluding steroid dienone is 1. The molecule has 0 saturated heterocycles. The van der Waals surface area contributed by atoms with Gasteiger partial charge in [-0.05, 0) is 12.5 Å². The third kappa shape index (κ3) is 2.52. The summed E-state index contributed by atoms with van der Waals surface area (Å²) in [7, 11) is 0. The molecule has 0 fully saturated rings. The van der Waals surface area contributed by atoms with E-state index in [1.165, 1.54) is 0 Å². The molecule has 0 aliphatic heterocycles. The van der Waals surface area contributed by atoms with Crippen LogP contribution in [0.15, 0.2) is 30.3 Å². The Morgan fingerprint density at radius 3 is 2.50 bits per heavy atom. The van der Waals surface area contributed by atoms with Crippen LogP contribution in [-0.4, -0.2) is 8.76 Å². The van der Waals surface area contributed by atoms with Crippen molar-refractivity contribution in [3.8, 4) is 6.07 Å². The van der Waals surface area contributed by atoms with E-state index in [2.05, 4.69) is 0 Å². The predicted octanol–water partition coefficient (Wildman–Crippen LogP) is 2.08. The van der Waals surface area contributed by atoms with Crippen LogP contribution in [0.5, 0.6) is 0 Å². The van der Waals surface area contributed by atoms with Gasteiger partial charge < -0.3 is 4.55 Å². The van der Waals surface area contributed by atoms with E-state index >= 15 is 0 Å². The fraction of sp³-hybridized carbons (Fsp3) is 0.100. The standard InChI is InChI=1S/C10H9NO2S/c1-8-2-4-9(5-3-8)10(6-7-11)14(12)13/h2-6H,1H3,(H,12,13)/b10-6-. The first-order chi connectivity index (χ1) is 6.65. The SMILES string of the molecule is Cc1ccc(/C(=C/C#N)S(=O)O)cc1. The summed E-state index contributed by atoms with van der Waals surface area (Å²) in [6, 6.07) is 8.83. The van der Waals surface area contributed by atoms with E-state index in [9.17, 15) is 4.21 Å². The number of nitriles is 1. The highest BCUT2D eigenvalue weighted by molar-refractivity contribution is 7.89. The van der Waals surface area contributed by atoms with E-state index in [0.717, 1.165) is 11.6 Å². The Morgan fingerprint density at radius 1 is 1.50 bits per heavy atom. The second kappa shape index (κ2) is 4.70. The molecule has 0 saturated carbocycles. The summed E-state index contributed by atoms with van der Waals surface area (Å²) in [5, 5.41) is 8.43. The molecule has 0 aliphatic carbocycles. The maximum Gasteiger partial charge on any atom is 0.187 e. The van der Waals surface area contributed by atoms with Gasteiger partial charge in [-0.25, -0.2) is 4.21 Å². The quantitative estimate of drug-likeness (QED) is 0.596. The zero-order valence-electron chi connectivity index (χ0n) is 7.60. The van der Waals surface area contributed by atoms with E-state index in [1.54, 1.807) is 18.2 Å². The molecule has 14 heavy (non-hydrogen) atoms. The second-order valence-electron chi connectivity index (χ2n) is 2.75. The molecule has 3 nitrogen and oxygen atoms in total. The van der Waals surface area contributed by atoms with Crippen molar-refractivity contribution in [2.75, 3.05) is 0 Å². The van der Waals surface area contributed by atoms with Crippen molar-refractivity contribution < 1.29 is 8.76 Å². The van der Waals surface area contributed by atoms with Gasteiger partial charge in [-0.15, -0.1) is 0 Å². The number of hydrogen-bond donors (Lipinski definition) is 1. The Balaban J connectivity index is 3.14. The summed E-state index contributed by atoms with van der Waals surface area (Å²) in [5.41, 5.74) is 1.66. The third-order valence-corrected chi connectivity index (χ3v) is 2.45. The Kier molecular flexibility index (Phi) is 3.57. The Labute approximate surface area is 85.0 Å². The van der Waals surface area contributed by atoms with Crippen molar-refractivity contribution in [2.45, 2.75) is 6.92 Å². The predicted molar refractivity (Wildman–Crippen MR) is 55.5 cm³/mol. The van der Waals surface area contributed by atoms with Crippen LogP contribution in [0.4, 0.5) is 0 Å². The van der Waals surface area contributed by atoms with Gasteiger partial charge in [-0.3, -0.25) is 0 Å². The van der Waals surface area contributed by atoms with Crippen LogP contribution in [0, 0.1) is 18.3 Å².